The number of rotatable bonds is 6. The number of hydrogen-bond donors (Lipinski definition) is 1. The summed E-state index contributed by atoms with van der Waals surface area (Å²) >= 11 is 0. The number of aliphatic carboxylic acids is 1. The molecule has 0 saturated carbocycles. The molecular weight excluding hydrogens is 266 g/mol. The fraction of sp³-hybridized carbons (Fsp3) is 0.308. The molecule has 0 aromatic heterocycles. The van der Waals surface area contributed by atoms with E-state index in [1.54, 1.807) is 12.1 Å². The summed E-state index contributed by atoms with van der Waals surface area (Å²) in [5, 5.41) is 8.99. The van der Waals surface area contributed by atoms with Crippen molar-refractivity contribution in [1.29, 1.82) is 0 Å². The minimum atomic E-state index is -3.84. The van der Waals surface area contributed by atoms with Gasteiger partial charge in [-0.25, -0.2) is 8.42 Å². The molecule has 0 amide bonds. The highest BCUT2D eigenvalue weighted by atomic mass is 32.2. The molecule has 0 radical (unpaired) electrons. The highest BCUT2D eigenvalue weighted by Gasteiger charge is 2.31. The van der Waals surface area contributed by atoms with Crippen LogP contribution >= 0.6 is 0 Å². The molecule has 6 heteroatoms. The van der Waals surface area contributed by atoms with Crippen molar-refractivity contribution in [3.05, 3.63) is 42.5 Å². The lowest BCUT2D eigenvalue weighted by Crippen LogP contribution is -2.43. The first-order chi connectivity index (χ1) is 8.80. The molecule has 1 rings (SSSR count). The van der Waals surface area contributed by atoms with Gasteiger partial charge in [-0.2, -0.15) is 4.31 Å². The van der Waals surface area contributed by atoms with Gasteiger partial charge in [0.2, 0.25) is 10.0 Å². The van der Waals surface area contributed by atoms with Crippen LogP contribution in [0, 0.1) is 6.92 Å². The second-order valence-corrected chi connectivity index (χ2v) is 6.08. The van der Waals surface area contributed by atoms with Crippen LogP contribution in [0.4, 0.5) is 0 Å². The fourth-order valence-electron chi connectivity index (χ4n) is 1.56. The van der Waals surface area contributed by atoms with Crippen molar-refractivity contribution in [2.75, 3.05) is 6.54 Å². The van der Waals surface area contributed by atoms with Crippen LogP contribution in [0.15, 0.2) is 41.8 Å². The Balaban J connectivity index is 3.23. The number of sulfonamides is 1. The molecule has 1 N–H and O–H groups in total. The Morgan fingerprint density at radius 3 is 2.37 bits per heavy atom. The smallest absolute Gasteiger partial charge is 0.321 e. The van der Waals surface area contributed by atoms with Gasteiger partial charge in [0.15, 0.2) is 0 Å². The SMILES string of the molecule is C=CCN([C@H](C)C(=O)O)S(=O)(=O)c1ccc(C)cc1. The van der Waals surface area contributed by atoms with Gasteiger partial charge in [-0.15, -0.1) is 6.58 Å². The van der Waals surface area contributed by atoms with Crippen LogP contribution in [0.2, 0.25) is 0 Å². The van der Waals surface area contributed by atoms with E-state index < -0.39 is 22.0 Å². The zero-order chi connectivity index (χ0) is 14.6. The highest BCUT2D eigenvalue weighted by Crippen LogP contribution is 2.19. The fourth-order valence-corrected chi connectivity index (χ4v) is 3.12. The summed E-state index contributed by atoms with van der Waals surface area (Å²) in [5.74, 6) is -1.20. The van der Waals surface area contributed by atoms with Gasteiger partial charge in [-0.3, -0.25) is 4.79 Å². The first-order valence-electron chi connectivity index (χ1n) is 5.73. The third-order valence-corrected chi connectivity index (χ3v) is 4.68. The average Bonchev–Trinajstić information content (AvgIpc) is 2.35. The number of carboxylic acid groups (broad SMARTS) is 1. The minimum Gasteiger partial charge on any atom is -0.480 e. The van der Waals surface area contributed by atoms with Gasteiger partial charge in [-0.1, -0.05) is 23.8 Å². The van der Waals surface area contributed by atoms with E-state index in [0.717, 1.165) is 9.87 Å². The minimum absolute atomic E-state index is 0.0519. The molecule has 19 heavy (non-hydrogen) atoms. The summed E-state index contributed by atoms with van der Waals surface area (Å²) in [6.45, 7) is 6.59. The molecule has 1 atom stereocenters. The molecule has 0 aliphatic heterocycles. The molecule has 1 aromatic carbocycles. The zero-order valence-electron chi connectivity index (χ0n) is 10.9. The Hall–Kier alpha value is -1.66. The van der Waals surface area contributed by atoms with E-state index in [-0.39, 0.29) is 11.4 Å². The van der Waals surface area contributed by atoms with E-state index in [9.17, 15) is 13.2 Å². The van der Waals surface area contributed by atoms with E-state index in [2.05, 4.69) is 6.58 Å². The van der Waals surface area contributed by atoms with E-state index in [0.29, 0.717) is 0 Å². The van der Waals surface area contributed by atoms with Gasteiger partial charge >= 0.3 is 5.97 Å². The maximum Gasteiger partial charge on any atom is 0.321 e. The Morgan fingerprint density at radius 2 is 1.95 bits per heavy atom. The van der Waals surface area contributed by atoms with Gasteiger partial charge < -0.3 is 5.11 Å². The van der Waals surface area contributed by atoms with Crippen molar-refractivity contribution in [3.8, 4) is 0 Å². The molecule has 0 aliphatic carbocycles. The molecule has 0 saturated heterocycles. The molecule has 1 aromatic rings. The maximum atomic E-state index is 12.4. The summed E-state index contributed by atoms with van der Waals surface area (Å²) in [4.78, 5) is 11.1. The van der Waals surface area contributed by atoms with Crippen LogP contribution in [0.1, 0.15) is 12.5 Å². The van der Waals surface area contributed by atoms with Crippen LogP contribution in [0.3, 0.4) is 0 Å². The number of nitrogens with zero attached hydrogens (tertiary/aromatic N) is 1. The molecular formula is C13H17NO4S. The van der Waals surface area contributed by atoms with Crippen molar-refractivity contribution in [2.45, 2.75) is 24.8 Å². The van der Waals surface area contributed by atoms with E-state index in [4.69, 9.17) is 5.11 Å². The topological polar surface area (TPSA) is 74.7 Å². The molecule has 0 aliphatic rings. The normalized spacial score (nSPS) is 13.2. The standard InChI is InChI=1S/C13H17NO4S/c1-4-9-14(11(3)13(15)16)19(17,18)12-7-5-10(2)6-8-12/h4-8,11H,1,9H2,2-3H3,(H,15,16)/t11-/m1/s1. The summed E-state index contributed by atoms with van der Waals surface area (Å²) in [6.07, 6.45) is 1.37. The van der Waals surface area contributed by atoms with Crippen LogP contribution < -0.4 is 0 Å². The number of aryl methyl sites for hydroxylation is 1. The number of carboxylic acids is 1. The van der Waals surface area contributed by atoms with Crippen LogP contribution in [0.25, 0.3) is 0 Å². The summed E-state index contributed by atoms with van der Waals surface area (Å²) in [5.41, 5.74) is 0.931. The van der Waals surface area contributed by atoms with Gasteiger partial charge in [0.05, 0.1) is 4.90 Å². The number of hydrogen-bond acceptors (Lipinski definition) is 3. The molecule has 0 heterocycles. The second kappa shape index (κ2) is 5.99. The summed E-state index contributed by atoms with van der Waals surface area (Å²) in [7, 11) is -3.84. The number of benzene rings is 1. The lowest BCUT2D eigenvalue weighted by atomic mass is 10.2. The molecule has 0 bridgehead atoms. The van der Waals surface area contributed by atoms with Crippen LogP contribution in [0.5, 0.6) is 0 Å². The molecule has 0 unspecified atom stereocenters. The van der Waals surface area contributed by atoms with Crippen LogP contribution in [-0.4, -0.2) is 36.4 Å². The molecule has 0 spiro atoms. The van der Waals surface area contributed by atoms with Crippen molar-refractivity contribution in [3.63, 3.8) is 0 Å². The first kappa shape index (κ1) is 15.4. The molecule has 0 fully saturated rings. The van der Waals surface area contributed by atoms with Crippen molar-refractivity contribution in [2.24, 2.45) is 0 Å². The number of carbonyl (C=O) groups is 1. The monoisotopic (exact) mass is 283 g/mol. The van der Waals surface area contributed by atoms with Crippen LogP contribution in [-0.2, 0) is 14.8 Å². The Morgan fingerprint density at radius 1 is 1.42 bits per heavy atom. The third kappa shape index (κ3) is 3.42. The molecule has 104 valence electrons. The first-order valence-corrected chi connectivity index (χ1v) is 7.17. The summed E-state index contributed by atoms with van der Waals surface area (Å²) in [6, 6.07) is 5.13. The van der Waals surface area contributed by atoms with Crippen molar-refractivity contribution >= 4 is 16.0 Å². The van der Waals surface area contributed by atoms with Gasteiger partial charge in [-0.05, 0) is 26.0 Å². The van der Waals surface area contributed by atoms with E-state index in [1.165, 1.54) is 25.1 Å². The lowest BCUT2D eigenvalue weighted by Gasteiger charge is -2.24. The van der Waals surface area contributed by atoms with Gasteiger partial charge in [0.25, 0.3) is 0 Å². The second-order valence-electron chi connectivity index (χ2n) is 4.19. The van der Waals surface area contributed by atoms with Crippen molar-refractivity contribution < 1.29 is 18.3 Å². The lowest BCUT2D eigenvalue weighted by molar-refractivity contribution is -0.140. The van der Waals surface area contributed by atoms with Crippen molar-refractivity contribution in [1.82, 2.24) is 4.31 Å². The highest BCUT2D eigenvalue weighted by molar-refractivity contribution is 7.89. The largest absolute Gasteiger partial charge is 0.480 e. The quantitative estimate of drug-likeness (QED) is 0.805. The summed E-state index contributed by atoms with van der Waals surface area (Å²) < 4.78 is 25.7. The van der Waals surface area contributed by atoms with E-state index in [1.807, 2.05) is 6.92 Å². The van der Waals surface area contributed by atoms with Gasteiger partial charge in [0.1, 0.15) is 6.04 Å². The average molecular weight is 283 g/mol. The predicted octanol–water partition coefficient (Wildman–Crippen LogP) is 1.64. The predicted molar refractivity (Wildman–Crippen MR) is 72.4 cm³/mol. The Bertz CT molecular complexity index is 563. The third-order valence-electron chi connectivity index (χ3n) is 2.73. The van der Waals surface area contributed by atoms with Gasteiger partial charge in [0, 0.05) is 6.54 Å². The molecule has 5 nitrogen and oxygen atoms in total. The maximum absolute atomic E-state index is 12.4. The zero-order valence-corrected chi connectivity index (χ0v) is 11.7. The Labute approximate surface area is 113 Å². The van der Waals surface area contributed by atoms with E-state index >= 15 is 0 Å². The Kier molecular flexibility index (Phi) is 4.85.